The Bertz CT molecular complexity index is 1070. The number of fused-ring (bicyclic) bond motifs is 1. The zero-order valence-corrected chi connectivity index (χ0v) is 16.2. The molecule has 7 nitrogen and oxygen atoms in total. The first-order valence-electron chi connectivity index (χ1n) is 9.32. The zero-order valence-electron chi connectivity index (χ0n) is 16.2. The van der Waals surface area contributed by atoms with Gasteiger partial charge in [-0.3, -0.25) is 9.59 Å². The fourth-order valence-corrected chi connectivity index (χ4v) is 3.22. The van der Waals surface area contributed by atoms with Crippen LogP contribution in [0.15, 0.2) is 72.8 Å². The summed E-state index contributed by atoms with van der Waals surface area (Å²) in [5, 5.41) is 5.51. The minimum Gasteiger partial charge on any atom is -0.497 e. The summed E-state index contributed by atoms with van der Waals surface area (Å²) in [6.45, 7) is 0.296. The number of hydrogen-bond donors (Lipinski definition) is 2. The number of carbonyl (C=O) groups is 3. The van der Waals surface area contributed by atoms with Crippen molar-refractivity contribution in [2.45, 2.75) is 6.54 Å². The predicted octanol–water partition coefficient (Wildman–Crippen LogP) is 3.82. The molecule has 4 amide bonds. The third kappa shape index (κ3) is 3.73. The summed E-state index contributed by atoms with van der Waals surface area (Å²) in [5.41, 5.74) is 2.79. The van der Waals surface area contributed by atoms with Crippen LogP contribution in [0.1, 0.15) is 26.3 Å². The second-order valence-electron chi connectivity index (χ2n) is 6.69. The van der Waals surface area contributed by atoms with Crippen molar-refractivity contribution >= 4 is 29.2 Å². The molecule has 7 heteroatoms. The molecule has 3 aromatic carbocycles. The van der Waals surface area contributed by atoms with E-state index >= 15 is 0 Å². The molecule has 0 bridgehead atoms. The maximum absolute atomic E-state index is 12.6. The topological polar surface area (TPSA) is 87.7 Å². The van der Waals surface area contributed by atoms with Crippen molar-refractivity contribution in [1.82, 2.24) is 5.32 Å². The Kier molecular flexibility index (Phi) is 5.17. The van der Waals surface area contributed by atoms with Crippen LogP contribution in [0.4, 0.5) is 16.2 Å². The van der Waals surface area contributed by atoms with Crippen molar-refractivity contribution in [3.05, 3.63) is 89.5 Å². The summed E-state index contributed by atoms with van der Waals surface area (Å²) < 4.78 is 5.08. The standard InChI is InChI=1S/C23H19N3O4/c1-30-18-12-8-16(9-13-18)25-23(29)24-14-15-6-10-17(11-7-15)26-21(27)19-4-2-3-5-20(19)22(26)28/h2-13H,14H2,1H3,(H2,24,25,29). The predicted molar refractivity (Wildman–Crippen MR) is 113 cm³/mol. The molecule has 1 aliphatic heterocycles. The molecular weight excluding hydrogens is 382 g/mol. The lowest BCUT2D eigenvalue weighted by molar-refractivity contribution is 0.0926. The highest BCUT2D eigenvalue weighted by molar-refractivity contribution is 6.34. The van der Waals surface area contributed by atoms with E-state index in [0.717, 1.165) is 10.5 Å². The average Bonchev–Trinajstić information content (AvgIpc) is 3.04. The third-order valence-electron chi connectivity index (χ3n) is 4.79. The lowest BCUT2D eigenvalue weighted by Crippen LogP contribution is -2.29. The van der Waals surface area contributed by atoms with E-state index in [1.807, 2.05) is 0 Å². The Labute approximate surface area is 173 Å². The number of amides is 4. The van der Waals surface area contributed by atoms with Crippen molar-refractivity contribution in [3.8, 4) is 5.75 Å². The van der Waals surface area contributed by atoms with Crippen LogP contribution in [0.3, 0.4) is 0 Å². The van der Waals surface area contributed by atoms with Crippen LogP contribution in [0, 0.1) is 0 Å². The largest absolute Gasteiger partial charge is 0.497 e. The summed E-state index contributed by atoms with van der Waals surface area (Å²) >= 11 is 0. The van der Waals surface area contributed by atoms with E-state index in [4.69, 9.17) is 4.74 Å². The molecule has 30 heavy (non-hydrogen) atoms. The minimum absolute atomic E-state index is 0.296. The lowest BCUT2D eigenvalue weighted by atomic mass is 10.1. The number of ether oxygens (including phenoxy) is 1. The van der Waals surface area contributed by atoms with Gasteiger partial charge in [0.1, 0.15) is 5.75 Å². The van der Waals surface area contributed by atoms with Gasteiger partial charge in [-0.25, -0.2) is 9.69 Å². The number of carbonyl (C=O) groups excluding carboxylic acids is 3. The van der Waals surface area contributed by atoms with Gasteiger partial charge in [0, 0.05) is 12.2 Å². The average molecular weight is 401 g/mol. The first-order valence-corrected chi connectivity index (χ1v) is 9.32. The SMILES string of the molecule is COc1ccc(NC(=O)NCc2ccc(N3C(=O)c4ccccc4C3=O)cc2)cc1. The number of nitrogens with one attached hydrogen (secondary N) is 2. The number of rotatable bonds is 5. The van der Waals surface area contributed by atoms with Gasteiger partial charge in [0.25, 0.3) is 11.8 Å². The van der Waals surface area contributed by atoms with Crippen LogP contribution in [0.2, 0.25) is 0 Å². The lowest BCUT2D eigenvalue weighted by Gasteiger charge is -2.14. The minimum atomic E-state index is -0.343. The Hall–Kier alpha value is -4.13. The molecule has 3 aromatic rings. The molecule has 0 aromatic heterocycles. The molecule has 150 valence electrons. The molecule has 0 fully saturated rings. The van der Waals surface area contributed by atoms with Gasteiger partial charge < -0.3 is 15.4 Å². The molecule has 1 aliphatic rings. The Balaban J connectivity index is 1.37. The Morgan fingerprint density at radius 1 is 0.867 bits per heavy atom. The first kappa shape index (κ1) is 19.2. The summed E-state index contributed by atoms with van der Waals surface area (Å²) in [4.78, 5) is 38.3. The molecule has 0 spiro atoms. The van der Waals surface area contributed by atoms with Crippen molar-refractivity contribution in [2.75, 3.05) is 17.3 Å². The Morgan fingerprint density at radius 2 is 1.47 bits per heavy atom. The molecule has 2 N–H and O–H groups in total. The van der Waals surface area contributed by atoms with Crippen molar-refractivity contribution < 1.29 is 19.1 Å². The summed E-state index contributed by atoms with van der Waals surface area (Å²) in [6, 6.07) is 20.4. The number of anilines is 2. The van der Waals surface area contributed by atoms with Gasteiger partial charge in [-0.15, -0.1) is 0 Å². The molecule has 4 rings (SSSR count). The fourth-order valence-electron chi connectivity index (χ4n) is 3.22. The second-order valence-corrected chi connectivity index (χ2v) is 6.69. The van der Waals surface area contributed by atoms with E-state index in [1.165, 1.54) is 0 Å². The number of benzene rings is 3. The van der Waals surface area contributed by atoms with E-state index in [-0.39, 0.29) is 17.8 Å². The Morgan fingerprint density at radius 3 is 2.03 bits per heavy atom. The highest BCUT2D eigenvalue weighted by Gasteiger charge is 2.36. The van der Waals surface area contributed by atoms with Crippen LogP contribution < -0.4 is 20.3 Å². The van der Waals surface area contributed by atoms with Crippen molar-refractivity contribution in [1.29, 1.82) is 0 Å². The summed E-state index contributed by atoms with van der Waals surface area (Å²) in [7, 11) is 1.58. The second kappa shape index (κ2) is 8.08. The van der Waals surface area contributed by atoms with E-state index < -0.39 is 0 Å². The van der Waals surface area contributed by atoms with Gasteiger partial charge in [0.2, 0.25) is 0 Å². The maximum atomic E-state index is 12.6. The van der Waals surface area contributed by atoms with Gasteiger partial charge in [-0.2, -0.15) is 0 Å². The molecule has 1 heterocycles. The van der Waals surface area contributed by atoms with E-state index in [9.17, 15) is 14.4 Å². The normalized spacial score (nSPS) is 12.5. The van der Waals surface area contributed by atoms with Crippen LogP contribution in [-0.4, -0.2) is 25.0 Å². The summed E-state index contributed by atoms with van der Waals surface area (Å²) in [6.07, 6.45) is 0. The van der Waals surface area contributed by atoms with Crippen LogP contribution in [0.25, 0.3) is 0 Å². The van der Waals surface area contributed by atoms with Crippen molar-refractivity contribution in [3.63, 3.8) is 0 Å². The van der Waals surface area contributed by atoms with Gasteiger partial charge in [-0.1, -0.05) is 24.3 Å². The first-order chi connectivity index (χ1) is 14.6. The van der Waals surface area contributed by atoms with E-state index in [0.29, 0.717) is 34.8 Å². The van der Waals surface area contributed by atoms with Gasteiger partial charge in [0.05, 0.1) is 23.9 Å². The van der Waals surface area contributed by atoms with Crippen LogP contribution in [0.5, 0.6) is 5.75 Å². The molecule has 0 radical (unpaired) electrons. The van der Waals surface area contributed by atoms with Crippen LogP contribution >= 0.6 is 0 Å². The number of imide groups is 1. The number of methoxy groups -OCH3 is 1. The molecule has 0 atom stereocenters. The van der Waals surface area contributed by atoms with Gasteiger partial charge in [0.15, 0.2) is 0 Å². The molecule has 0 aliphatic carbocycles. The van der Waals surface area contributed by atoms with E-state index in [2.05, 4.69) is 10.6 Å². The quantitative estimate of drug-likeness (QED) is 0.637. The third-order valence-corrected chi connectivity index (χ3v) is 4.79. The smallest absolute Gasteiger partial charge is 0.319 e. The van der Waals surface area contributed by atoms with Crippen molar-refractivity contribution in [2.24, 2.45) is 0 Å². The molecule has 0 saturated heterocycles. The fraction of sp³-hybridized carbons (Fsp3) is 0.0870. The molecule has 0 saturated carbocycles. The number of hydrogen-bond acceptors (Lipinski definition) is 4. The highest BCUT2D eigenvalue weighted by Crippen LogP contribution is 2.28. The van der Waals surface area contributed by atoms with E-state index in [1.54, 1.807) is 79.9 Å². The number of urea groups is 1. The summed E-state index contributed by atoms with van der Waals surface area (Å²) in [5.74, 6) is 0.0415. The van der Waals surface area contributed by atoms with Gasteiger partial charge in [-0.05, 0) is 54.1 Å². The van der Waals surface area contributed by atoms with Gasteiger partial charge >= 0.3 is 6.03 Å². The molecular formula is C23H19N3O4. The maximum Gasteiger partial charge on any atom is 0.319 e. The van der Waals surface area contributed by atoms with Crippen LogP contribution in [-0.2, 0) is 6.54 Å². The molecule has 0 unspecified atom stereocenters. The zero-order chi connectivity index (χ0) is 21.1. The monoisotopic (exact) mass is 401 g/mol. The highest BCUT2D eigenvalue weighted by atomic mass is 16.5. The number of nitrogens with zero attached hydrogens (tertiary/aromatic N) is 1.